The summed E-state index contributed by atoms with van der Waals surface area (Å²) in [5.41, 5.74) is 1.51. The van der Waals surface area contributed by atoms with Gasteiger partial charge in [-0.25, -0.2) is 13.1 Å². The van der Waals surface area contributed by atoms with Crippen molar-refractivity contribution in [2.24, 2.45) is 0 Å². The van der Waals surface area contributed by atoms with E-state index in [2.05, 4.69) is 14.6 Å². The van der Waals surface area contributed by atoms with Crippen LogP contribution in [0, 0.1) is 6.92 Å². The summed E-state index contributed by atoms with van der Waals surface area (Å²) < 4.78 is 33.7. The van der Waals surface area contributed by atoms with Gasteiger partial charge in [0.2, 0.25) is 10.0 Å². The third-order valence-electron chi connectivity index (χ3n) is 4.09. The zero-order chi connectivity index (χ0) is 17.2. The summed E-state index contributed by atoms with van der Waals surface area (Å²) in [6.07, 6.45) is 1.69. The highest BCUT2D eigenvalue weighted by molar-refractivity contribution is 7.89. The lowest BCUT2D eigenvalue weighted by Gasteiger charge is -2.29. The first kappa shape index (κ1) is 17.3. The van der Waals surface area contributed by atoms with Crippen LogP contribution in [-0.2, 0) is 14.8 Å². The van der Waals surface area contributed by atoms with Gasteiger partial charge >= 0.3 is 0 Å². The van der Waals surface area contributed by atoms with Gasteiger partial charge in [-0.3, -0.25) is 9.88 Å². The molecule has 24 heavy (non-hydrogen) atoms. The molecule has 1 saturated heterocycles. The fourth-order valence-corrected chi connectivity index (χ4v) is 4.41. The van der Waals surface area contributed by atoms with Crippen molar-refractivity contribution in [2.45, 2.75) is 24.8 Å². The van der Waals surface area contributed by atoms with E-state index < -0.39 is 10.0 Å². The van der Waals surface area contributed by atoms with Crippen LogP contribution in [0.3, 0.4) is 0 Å². The maximum atomic E-state index is 12.8. The summed E-state index contributed by atoms with van der Waals surface area (Å²) in [6.45, 7) is 7.56. The van der Waals surface area contributed by atoms with Gasteiger partial charge in [0.15, 0.2) is 0 Å². The second kappa shape index (κ2) is 7.14. The van der Waals surface area contributed by atoms with Crippen LogP contribution in [0.25, 0.3) is 10.9 Å². The first-order valence-electron chi connectivity index (χ1n) is 8.13. The summed E-state index contributed by atoms with van der Waals surface area (Å²) in [6, 6.07) is 7.00. The Morgan fingerprint density at radius 1 is 1.33 bits per heavy atom. The molecule has 0 radical (unpaired) electrons. The second-order valence-corrected chi connectivity index (χ2v) is 7.96. The molecule has 0 spiro atoms. The Balaban J connectivity index is 1.80. The molecule has 3 rings (SSSR count). The van der Waals surface area contributed by atoms with Crippen molar-refractivity contribution < 1.29 is 13.2 Å². The number of hydrogen-bond donors (Lipinski definition) is 1. The molecule has 6 nitrogen and oxygen atoms in total. The Morgan fingerprint density at radius 2 is 2.08 bits per heavy atom. The Hall–Kier alpha value is -1.54. The van der Waals surface area contributed by atoms with E-state index in [0.717, 1.165) is 24.0 Å². The second-order valence-electron chi connectivity index (χ2n) is 6.28. The van der Waals surface area contributed by atoms with Crippen LogP contribution < -0.4 is 4.72 Å². The number of fused-ring (bicyclic) bond motifs is 1. The van der Waals surface area contributed by atoms with Crippen LogP contribution >= 0.6 is 0 Å². The molecular weight excluding hydrogens is 326 g/mol. The number of aromatic nitrogens is 1. The molecule has 0 aliphatic carbocycles. The van der Waals surface area contributed by atoms with Crippen molar-refractivity contribution in [3.05, 3.63) is 36.0 Å². The number of pyridine rings is 1. The Morgan fingerprint density at radius 3 is 2.83 bits per heavy atom. The molecule has 1 aliphatic heterocycles. The third kappa shape index (κ3) is 3.92. The van der Waals surface area contributed by atoms with Crippen molar-refractivity contribution in [3.63, 3.8) is 0 Å². The largest absolute Gasteiger partial charge is 0.379 e. The average Bonchev–Trinajstić information content (AvgIpc) is 2.54. The van der Waals surface area contributed by atoms with E-state index in [0.29, 0.717) is 25.3 Å². The number of rotatable bonds is 5. The van der Waals surface area contributed by atoms with Gasteiger partial charge in [-0.05, 0) is 31.5 Å². The molecule has 1 N–H and O–H groups in total. The molecule has 1 unspecified atom stereocenters. The summed E-state index contributed by atoms with van der Waals surface area (Å²) in [5.74, 6) is 0. The minimum Gasteiger partial charge on any atom is -0.379 e. The number of nitrogens with zero attached hydrogens (tertiary/aromatic N) is 2. The van der Waals surface area contributed by atoms with Crippen LogP contribution in [0.2, 0.25) is 0 Å². The molecule has 1 atom stereocenters. The minimum atomic E-state index is -3.62. The van der Waals surface area contributed by atoms with Gasteiger partial charge in [0.05, 0.1) is 18.7 Å². The number of sulfonamides is 1. The highest BCUT2D eigenvalue weighted by atomic mass is 32.2. The van der Waals surface area contributed by atoms with Gasteiger partial charge in [0, 0.05) is 37.3 Å². The van der Waals surface area contributed by atoms with Crippen molar-refractivity contribution in [1.82, 2.24) is 14.6 Å². The van der Waals surface area contributed by atoms with Gasteiger partial charge in [-0.1, -0.05) is 12.1 Å². The van der Waals surface area contributed by atoms with Gasteiger partial charge in [-0.15, -0.1) is 0 Å². The van der Waals surface area contributed by atoms with Gasteiger partial charge in [0.25, 0.3) is 0 Å². The number of ether oxygens (including phenoxy) is 1. The number of benzene rings is 1. The highest BCUT2D eigenvalue weighted by Gasteiger charge is 2.22. The van der Waals surface area contributed by atoms with Gasteiger partial charge in [-0.2, -0.15) is 0 Å². The molecular formula is C17H23N3O3S. The Labute approximate surface area is 142 Å². The summed E-state index contributed by atoms with van der Waals surface area (Å²) in [7, 11) is -3.62. The van der Waals surface area contributed by atoms with Crippen LogP contribution in [0.1, 0.15) is 12.5 Å². The van der Waals surface area contributed by atoms with E-state index in [1.807, 2.05) is 26.0 Å². The highest BCUT2D eigenvalue weighted by Crippen LogP contribution is 2.22. The van der Waals surface area contributed by atoms with E-state index in [1.165, 1.54) is 0 Å². The van der Waals surface area contributed by atoms with E-state index >= 15 is 0 Å². The molecule has 2 heterocycles. The van der Waals surface area contributed by atoms with Crippen molar-refractivity contribution in [1.29, 1.82) is 0 Å². The number of hydrogen-bond acceptors (Lipinski definition) is 5. The molecule has 1 aromatic carbocycles. The molecule has 7 heteroatoms. The fourth-order valence-electron chi connectivity index (χ4n) is 3.00. The summed E-state index contributed by atoms with van der Waals surface area (Å²) in [4.78, 5) is 6.76. The summed E-state index contributed by atoms with van der Waals surface area (Å²) in [5, 5.41) is 0.832. The van der Waals surface area contributed by atoms with Crippen LogP contribution in [0.5, 0.6) is 0 Å². The molecule has 0 bridgehead atoms. The fraction of sp³-hybridized carbons (Fsp3) is 0.471. The predicted octanol–water partition coefficient (Wildman–Crippen LogP) is 1.54. The normalized spacial score (nSPS) is 17.9. The quantitative estimate of drug-likeness (QED) is 0.887. The lowest BCUT2D eigenvalue weighted by Crippen LogP contribution is -2.45. The zero-order valence-corrected chi connectivity index (χ0v) is 14.8. The maximum Gasteiger partial charge on any atom is 0.243 e. The average molecular weight is 349 g/mol. The first-order valence-corrected chi connectivity index (χ1v) is 9.62. The van der Waals surface area contributed by atoms with Crippen molar-refractivity contribution in [3.8, 4) is 0 Å². The predicted molar refractivity (Wildman–Crippen MR) is 93.5 cm³/mol. The lowest BCUT2D eigenvalue weighted by atomic mass is 10.2. The third-order valence-corrected chi connectivity index (χ3v) is 5.71. The molecule has 0 saturated carbocycles. The lowest BCUT2D eigenvalue weighted by molar-refractivity contribution is 0.0354. The summed E-state index contributed by atoms with van der Waals surface area (Å²) >= 11 is 0. The Bertz CT molecular complexity index is 817. The van der Waals surface area contributed by atoms with E-state index in [1.54, 1.807) is 18.3 Å². The zero-order valence-electron chi connectivity index (χ0n) is 14.0. The standard InChI is InChI=1S/C17H23N3O3S/c1-13-10-15-4-3-5-16(17(15)18-11-13)24(21,22)19-14(2)12-20-6-8-23-9-7-20/h3-5,10-11,14,19H,6-9,12H2,1-2H3. The molecule has 1 fully saturated rings. The Kier molecular flexibility index (Phi) is 5.15. The van der Waals surface area contributed by atoms with E-state index in [4.69, 9.17) is 4.74 Å². The van der Waals surface area contributed by atoms with E-state index in [9.17, 15) is 8.42 Å². The number of aryl methyl sites for hydroxylation is 1. The van der Waals surface area contributed by atoms with Crippen LogP contribution in [0.15, 0.2) is 35.4 Å². The molecule has 2 aromatic rings. The molecule has 1 aliphatic rings. The monoisotopic (exact) mass is 349 g/mol. The maximum absolute atomic E-state index is 12.8. The van der Waals surface area contributed by atoms with Crippen LogP contribution in [-0.4, -0.2) is 57.2 Å². The topological polar surface area (TPSA) is 71.5 Å². The number of para-hydroxylation sites is 1. The van der Waals surface area contributed by atoms with E-state index in [-0.39, 0.29) is 10.9 Å². The SMILES string of the molecule is Cc1cnc2c(S(=O)(=O)NC(C)CN3CCOCC3)cccc2c1. The first-order chi connectivity index (χ1) is 11.5. The minimum absolute atomic E-state index is 0.186. The van der Waals surface area contributed by atoms with Crippen molar-refractivity contribution in [2.75, 3.05) is 32.8 Å². The van der Waals surface area contributed by atoms with Gasteiger partial charge in [0.1, 0.15) is 4.90 Å². The molecule has 1 aromatic heterocycles. The van der Waals surface area contributed by atoms with Crippen LogP contribution in [0.4, 0.5) is 0 Å². The molecule has 130 valence electrons. The van der Waals surface area contributed by atoms with Gasteiger partial charge < -0.3 is 4.74 Å². The number of nitrogens with one attached hydrogen (secondary N) is 1. The smallest absolute Gasteiger partial charge is 0.243 e. The molecule has 0 amide bonds. The van der Waals surface area contributed by atoms with Crippen molar-refractivity contribution >= 4 is 20.9 Å². The number of morpholine rings is 1.